The normalized spacial score (nSPS) is 17.2. The molecule has 2 amide bonds. The highest BCUT2D eigenvalue weighted by Gasteiger charge is 2.30. The highest BCUT2D eigenvalue weighted by atomic mass is 16.5. The van der Waals surface area contributed by atoms with Crippen LogP contribution in [-0.4, -0.2) is 54.3 Å². The van der Waals surface area contributed by atoms with Gasteiger partial charge in [-0.15, -0.1) is 0 Å². The second-order valence-corrected chi connectivity index (χ2v) is 9.30. The second kappa shape index (κ2) is 10.4. The van der Waals surface area contributed by atoms with Crippen molar-refractivity contribution >= 4 is 23.6 Å². The Morgan fingerprint density at radius 3 is 2.31 bits per heavy atom. The lowest BCUT2D eigenvalue weighted by molar-refractivity contribution is -0.117. The van der Waals surface area contributed by atoms with E-state index in [1.54, 1.807) is 11.0 Å². The molecule has 2 aliphatic heterocycles. The molecule has 1 saturated heterocycles. The lowest BCUT2D eigenvalue weighted by Crippen LogP contribution is -2.48. The van der Waals surface area contributed by atoms with Gasteiger partial charge in [-0.1, -0.05) is 61.0 Å². The van der Waals surface area contributed by atoms with Crippen LogP contribution >= 0.6 is 0 Å². The van der Waals surface area contributed by atoms with Crippen molar-refractivity contribution in [1.29, 1.82) is 0 Å². The SMILES string of the molecule is CCN1CCN(C(=O)c2ccc(C=C3Oc4ccccc4N(Cc4ccc(C)cc4)C3=O)cc2)CC1. The zero-order chi connectivity index (χ0) is 25.1. The summed E-state index contributed by atoms with van der Waals surface area (Å²) in [6, 6.07) is 23.2. The molecular formula is C30H31N3O3. The van der Waals surface area contributed by atoms with E-state index in [1.165, 1.54) is 5.56 Å². The van der Waals surface area contributed by atoms with Gasteiger partial charge >= 0.3 is 0 Å². The maximum Gasteiger partial charge on any atom is 0.294 e. The maximum absolute atomic E-state index is 13.5. The summed E-state index contributed by atoms with van der Waals surface area (Å²) in [6.07, 6.45) is 1.74. The molecule has 0 aliphatic carbocycles. The smallest absolute Gasteiger partial charge is 0.294 e. The summed E-state index contributed by atoms with van der Waals surface area (Å²) in [5.41, 5.74) is 4.44. The molecule has 6 nitrogen and oxygen atoms in total. The van der Waals surface area contributed by atoms with Crippen LogP contribution in [0.25, 0.3) is 6.08 Å². The van der Waals surface area contributed by atoms with E-state index < -0.39 is 0 Å². The van der Waals surface area contributed by atoms with Gasteiger partial charge in [-0.2, -0.15) is 0 Å². The van der Waals surface area contributed by atoms with Gasteiger partial charge in [-0.05, 0) is 54.9 Å². The Hall–Kier alpha value is -3.90. The Balaban J connectivity index is 1.35. The fourth-order valence-electron chi connectivity index (χ4n) is 4.62. The van der Waals surface area contributed by atoms with Gasteiger partial charge in [0.15, 0.2) is 11.5 Å². The largest absolute Gasteiger partial charge is 0.449 e. The van der Waals surface area contributed by atoms with E-state index in [1.807, 2.05) is 72.5 Å². The van der Waals surface area contributed by atoms with Crippen LogP contribution in [0, 0.1) is 6.92 Å². The first kappa shape index (κ1) is 23.8. The van der Waals surface area contributed by atoms with Crippen LogP contribution in [0.1, 0.15) is 34.0 Å². The zero-order valence-electron chi connectivity index (χ0n) is 20.8. The van der Waals surface area contributed by atoms with Crippen molar-refractivity contribution in [2.45, 2.75) is 20.4 Å². The number of nitrogens with zero attached hydrogens (tertiary/aromatic N) is 3. The molecule has 5 rings (SSSR count). The summed E-state index contributed by atoms with van der Waals surface area (Å²) < 4.78 is 6.02. The van der Waals surface area contributed by atoms with Crippen molar-refractivity contribution in [1.82, 2.24) is 9.80 Å². The average Bonchev–Trinajstić information content (AvgIpc) is 2.92. The number of carbonyl (C=O) groups excluding carboxylic acids is 2. The summed E-state index contributed by atoms with van der Waals surface area (Å²) in [5, 5.41) is 0. The van der Waals surface area contributed by atoms with E-state index in [0.717, 1.165) is 49.5 Å². The number of benzene rings is 3. The predicted molar refractivity (Wildman–Crippen MR) is 142 cm³/mol. The fraction of sp³-hybridized carbons (Fsp3) is 0.267. The summed E-state index contributed by atoms with van der Waals surface area (Å²) in [4.78, 5) is 32.4. The number of ether oxygens (including phenoxy) is 1. The molecule has 184 valence electrons. The number of aryl methyl sites for hydroxylation is 1. The highest BCUT2D eigenvalue weighted by Crippen LogP contribution is 2.36. The van der Waals surface area contributed by atoms with E-state index in [-0.39, 0.29) is 17.6 Å². The lowest BCUT2D eigenvalue weighted by Gasteiger charge is -2.34. The molecule has 6 heteroatoms. The molecule has 0 aromatic heterocycles. The Morgan fingerprint density at radius 1 is 0.917 bits per heavy atom. The van der Waals surface area contributed by atoms with Gasteiger partial charge in [-0.3, -0.25) is 14.5 Å². The Bertz CT molecular complexity index is 1270. The number of carbonyl (C=O) groups is 2. The molecule has 0 bridgehead atoms. The van der Waals surface area contributed by atoms with E-state index in [2.05, 4.69) is 24.0 Å². The zero-order valence-corrected chi connectivity index (χ0v) is 20.8. The van der Waals surface area contributed by atoms with Crippen LogP contribution in [0.4, 0.5) is 5.69 Å². The van der Waals surface area contributed by atoms with Gasteiger partial charge in [0.25, 0.3) is 11.8 Å². The van der Waals surface area contributed by atoms with Crippen molar-refractivity contribution in [2.24, 2.45) is 0 Å². The van der Waals surface area contributed by atoms with Crippen LogP contribution in [0.3, 0.4) is 0 Å². The minimum atomic E-state index is -0.191. The van der Waals surface area contributed by atoms with Gasteiger partial charge < -0.3 is 14.5 Å². The third-order valence-electron chi connectivity index (χ3n) is 6.86. The van der Waals surface area contributed by atoms with Crippen molar-refractivity contribution in [2.75, 3.05) is 37.6 Å². The first-order chi connectivity index (χ1) is 17.5. The van der Waals surface area contributed by atoms with Crippen LogP contribution in [0.5, 0.6) is 5.75 Å². The molecule has 0 atom stereocenters. The molecule has 2 heterocycles. The lowest BCUT2D eigenvalue weighted by atomic mass is 10.1. The van der Waals surface area contributed by atoms with Crippen LogP contribution in [0.15, 0.2) is 78.6 Å². The maximum atomic E-state index is 13.5. The topological polar surface area (TPSA) is 53.1 Å². The number of hydrogen-bond acceptors (Lipinski definition) is 4. The minimum Gasteiger partial charge on any atom is -0.449 e. The molecule has 3 aromatic carbocycles. The molecule has 0 N–H and O–H groups in total. The minimum absolute atomic E-state index is 0.0492. The Morgan fingerprint density at radius 2 is 1.61 bits per heavy atom. The van der Waals surface area contributed by atoms with Gasteiger partial charge in [0, 0.05) is 31.7 Å². The molecule has 0 spiro atoms. The third kappa shape index (κ3) is 5.04. The first-order valence-electron chi connectivity index (χ1n) is 12.5. The van der Waals surface area contributed by atoms with E-state index in [0.29, 0.717) is 17.9 Å². The summed E-state index contributed by atoms with van der Waals surface area (Å²) >= 11 is 0. The number of rotatable bonds is 5. The Kier molecular flexibility index (Phi) is 6.87. The van der Waals surface area contributed by atoms with Gasteiger partial charge in [0.1, 0.15) is 0 Å². The number of hydrogen-bond donors (Lipinski definition) is 0. The van der Waals surface area contributed by atoms with Crippen molar-refractivity contribution in [3.05, 3.63) is 101 Å². The second-order valence-electron chi connectivity index (χ2n) is 9.30. The summed E-state index contributed by atoms with van der Waals surface area (Å²) in [6.45, 7) is 8.97. The third-order valence-corrected chi connectivity index (χ3v) is 6.86. The van der Waals surface area contributed by atoms with E-state index >= 15 is 0 Å². The fourth-order valence-corrected chi connectivity index (χ4v) is 4.62. The van der Waals surface area contributed by atoms with E-state index in [4.69, 9.17) is 4.74 Å². The number of likely N-dealkylation sites (N-methyl/N-ethyl adjacent to an activating group) is 1. The molecule has 0 radical (unpaired) electrons. The summed E-state index contributed by atoms with van der Waals surface area (Å²) in [5.74, 6) is 0.764. The molecule has 1 fully saturated rings. The van der Waals surface area contributed by atoms with Crippen molar-refractivity contribution < 1.29 is 14.3 Å². The quantitative estimate of drug-likeness (QED) is 0.494. The monoisotopic (exact) mass is 481 g/mol. The summed E-state index contributed by atoms with van der Waals surface area (Å²) in [7, 11) is 0. The van der Waals surface area contributed by atoms with Crippen molar-refractivity contribution in [3.8, 4) is 5.75 Å². The number of para-hydroxylation sites is 2. The van der Waals surface area contributed by atoms with Gasteiger partial charge in [0.05, 0.1) is 12.2 Å². The van der Waals surface area contributed by atoms with Crippen LogP contribution in [-0.2, 0) is 11.3 Å². The first-order valence-corrected chi connectivity index (χ1v) is 12.5. The molecule has 36 heavy (non-hydrogen) atoms. The highest BCUT2D eigenvalue weighted by molar-refractivity contribution is 6.09. The Labute approximate surface area is 212 Å². The van der Waals surface area contributed by atoms with Gasteiger partial charge in [0.2, 0.25) is 0 Å². The van der Waals surface area contributed by atoms with Crippen molar-refractivity contribution in [3.63, 3.8) is 0 Å². The van der Waals surface area contributed by atoms with Gasteiger partial charge in [-0.25, -0.2) is 0 Å². The molecule has 3 aromatic rings. The van der Waals surface area contributed by atoms with E-state index in [9.17, 15) is 9.59 Å². The molecule has 2 aliphatic rings. The standard InChI is InChI=1S/C30H31N3O3/c1-3-31-16-18-32(19-17-31)29(34)25-14-12-23(13-15-25)20-28-30(35)33(21-24-10-8-22(2)9-11-24)26-6-4-5-7-27(26)36-28/h4-15,20H,3,16-19,21H2,1-2H3. The number of amides is 2. The number of piperazine rings is 1. The molecule has 0 saturated carbocycles. The van der Waals surface area contributed by atoms with Crippen LogP contribution < -0.4 is 9.64 Å². The molecular weight excluding hydrogens is 450 g/mol. The number of fused-ring (bicyclic) bond motifs is 1. The average molecular weight is 482 g/mol. The predicted octanol–water partition coefficient (Wildman–Crippen LogP) is 4.74. The molecule has 0 unspecified atom stereocenters. The number of anilines is 1. The van der Waals surface area contributed by atoms with Crippen LogP contribution in [0.2, 0.25) is 0 Å².